The van der Waals surface area contributed by atoms with Crippen molar-refractivity contribution in [3.63, 3.8) is 0 Å². The van der Waals surface area contributed by atoms with Crippen LogP contribution >= 0.6 is 22.9 Å². The SMILES string of the molecule is O=C(O)Oc1cc(Cl)sc1S(=O)(=O)O. The first-order valence-corrected chi connectivity index (χ1v) is 5.62. The first-order chi connectivity index (χ1) is 6.30. The number of hydrogen-bond acceptors (Lipinski definition) is 5. The molecular weight excluding hydrogens is 256 g/mol. The largest absolute Gasteiger partial charge is 0.511 e. The number of ether oxygens (including phenoxy) is 1. The van der Waals surface area contributed by atoms with E-state index >= 15 is 0 Å². The Balaban J connectivity index is 3.23. The molecule has 0 radical (unpaired) electrons. The third-order valence-corrected chi connectivity index (χ3v) is 3.66. The lowest BCUT2D eigenvalue weighted by molar-refractivity contribution is 0.143. The lowest BCUT2D eigenvalue weighted by Crippen LogP contribution is -2.05. The smallest absolute Gasteiger partial charge is 0.449 e. The highest BCUT2D eigenvalue weighted by atomic mass is 35.5. The van der Waals surface area contributed by atoms with Gasteiger partial charge < -0.3 is 9.84 Å². The summed E-state index contributed by atoms with van der Waals surface area (Å²) in [5, 5.41) is 8.23. The lowest BCUT2D eigenvalue weighted by atomic mass is 10.6. The van der Waals surface area contributed by atoms with Gasteiger partial charge in [0.1, 0.15) is 0 Å². The highest BCUT2D eigenvalue weighted by molar-refractivity contribution is 7.88. The predicted molar refractivity (Wildman–Crippen MR) is 47.8 cm³/mol. The Labute approximate surface area is 87.4 Å². The molecule has 0 fully saturated rings. The van der Waals surface area contributed by atoms with Crippen molar-refractivity contribution in [3.8, 4) is 5.75 Å². The molecule has 0 unspecified atom stereocenters. The fourth-order valence-electron chi connectivity index (χ4n) is 0.675. The maximum atomic E-state index is 10.7. The Kier molecular flexibility index (Phi) is 3.00. The van der Waals surface area contributed by atoms with Gasteiger partial charge in [0.05, 0.1) is 4.34 Å². The van der Waals surface area contributed by atoms with Crippen LogP contribution in [0.25, 0.3) is 0 Å². The predicted octanol–water partition coefficient (Wildman–Crippen LogP) is 1.71. The number of halogens is 1. The van der Waals surface area contributed by atoms with Gasteiger partial charge in [0.15, 0.2) is 9.96 Å². The highest BCUT2D eigenvalue weighted by Gasteiger charge is 2.22. The van der Waals surface area contributed by atoms with Gasteiger partial charge in [0, 0.05) is 6.07 Å². The number of thiophene rings is 1. The maximum absolute atomic E-state index is 10.7. The van der Waals surface area contributed by atoms with E-state index in [1.54, 1.807) is 0 Å². The van der Waals surface area contributed by atoms with E-state index in [-0.39, 0.29) is 4.34 Å². The Morgan fingerprint density at radius 2 is 2.14 bits per heavy atom. The summed E-state index contributed by atoms with van der Waals surface area (Å²) >= 11 is 5.93. The van der Waals surface area contributed by atoms with Crippen LogP contribution in [0.15, 0.2) is 10.3 Å². The summed E-state index contributed by atoms with van der Waals surface area (Å²) in [5.74, 6) is -0.505. The maximum Gasteiger partial charge on any atom is 0.511 e. The van der Waals surface area contributed by atoms with E-state index in [1.165, 1.54) is 0 Å². The van der Waals surface area contributed by atoms with E-state index < -0.39 is 26.2 Å². The minimum absolute atomic E-state index is 0.00567. The average molecular weight is 259 g/mol. The van der Waals surface area contributed by atoms with Crippen LogP contribution in [0.1, 0.15) is 0 Å². The molecule has 0 aliphatic rings. The van der Waals surface area contributed by atoms with Gasteiger partial charge in [-0.2, -0.15) is 8.42 Å². The van der Waals surface area contributed by atoms with Gasteiger partial charge in [-0.15, -0.1) is 11.3 Å². The fraction of sp³-hybridized carbons (Fsp3) is 0. The molecule has 2 N–H and O–H groups in total. The number of hydrogen-bond donors (Lipinski definition) is 2. The zero-order chi connectivity index (χ0) is 10.9. The van der Waals surface area contributed by atoms with Gasteiger partial charge in [-0.25, -0.2) is 4.79 Å². The Hall–Kier alpha value is -0.830. The third-order valence-electron chi connectivity index (χ3n) is 1.07. The van der Waals surface area contributed by atoms with Crippen molar-refractivity contribution in [1.82, 2.24) is 0 Å². The number of carbonyl (C=O) groups is 1. The molecule has 1 heterocycles. The lowest BCUT2D eigenvalue weighted by Gasteiger charge is -1.97. The molecule has 1 aromatic rings. The van der Waals surface area contributed by atoms with Gasteiger partial charge in [0.25, 0.3) is 0 Å². The molecule has 0 saturated heterocycles. The highest BCUT2D eigenvalue weighted by Crippen LogP contribution is 2.36. The minimum atomic E-state index is -4.51. The van der Waals surface area contributed by atoms with Gasteiger partial charge in [0.2, 0.25) is 0 Å². The van der Waals surface area contributed by atoms with Crippen LogP contribution in [0, 0.1) is 0 Å². The monoisotopic (exact) mass is 258 g/mol. The van der Waals surface area contributed by atoms with Crippen LogP contribution in [-0.4, -0.2) is 24.2 Å². The van der Waals surface area contributed by atoms with Crippen LogP contribution < -0.4 is 4.74 Å². The van der Waals surface area contributed by atoms with E-state index in [4.69, 9.17) is 21.3 Å². The quantitative estimate of drug-likeness (QED) is 0.618. The Morgan fingerprint density at radius 3 is 2.57 bits per heavy atom. The van der Waals surface area contributed by atoms with Crippen LogP contribution in [-0.2, 0) is 10.1 Å². The topological polar surface area (TPSA) is 101 Å². The van der Waals surface area contributed by atoms with Crippen molar-refractivity contribution < 1.29 is 27.6 Å². The van der Waals surface area contributed by atoms with Crippen molar-refractivity contribution in [1.29, 1.82) is 0 Å². The molecule has 9 heteroatoms. The van der Waals surface area contributed by atoms with Gasteiger partial charge in [-0.1, -0.05) is 11.6 Å². The molecule has 0 amide bonds. The minimum Gasteiger partial charge on any atom is -0.449 e. The van der Waals surface area contributed by atoms with Crippen molar-refractivity contribution in [2.24, 2.45) is 0 Å². The van der Waals surface area contributed by atoms with E-state index in [0.29, 0.717) is 11.3 Å². The molecule has 0 spiro atoms. The summed E-state index contributed by atoms with van der Waals surface area (Å²) in [7, 11) is -4.51. The Morgan fingerprint density at radius 1 is 1.57 bits per heavy atom. The second-order valence-corrected chi connectivity index (χ2v) is 5.35. The molecule has 0 bridgehead atoms. The summed E-state index contributed by atoms with van der Waals surface area (Å²) < 4.78 is 33.5. The molecule has 78 valence electrons. The first-order valence-electron chi connectivity index (χ1n) is 2.98. The van der Waals surface area contributed by atoms with E-state index in [0.717, 1.165) is 6.07 Å². The molecule has 6 nitrogen and oxygen atoms in total. The molecular formula is C5H3ClO6S2. The van der Waals surface area contributed by atoms with Crippen LogP contribution in [0.3, 0.4) is 0 Å². The molecule has 14 heavy (non-hydrogen) atoms. The molecule has 0 aliphatic carbocycles. The van der Waals surface area contributed by atoms with Crippen LogP contribution in [0.5, 0.6) is 5.75 Å². The summed E-state index contributed by atoms with van der Waals surface area (Å²) in [6, 6.07) is 0.990. The molecule has 1 rings (SSSR count). The van der Waals surface area contributed by atoms with E-state index in [2.05, 4.69) is 4.74 Å². The molecule has 0 aliphatic heterocycles. The molecule has 0 atom stereocenters. The third kappa shape index (κ3) is 2.58. The Bertz CT molecular complexity index is 461. The van der Waals surface area contributed by atoms with Gasteiger partial charge in [-0.3, -0.25) is 4.55 Å². The fourth-order valence-corrected chi connectivity index (χ4v) is 2.73. The van der Waals surface area contributed by atoms with E-state index in [1.807, 2.05) is 0 Å². The summed E-state index contributed by atoms with van der Waals surface area (Å²) in [6.07, 6.45) is -1.69. The molecule has 1 aromatic heterocycles. The van der Waals surface area contributed by atoms with Crippen molar-refractivity contribution >= 4 is 39.2 Å². The second-order valence-electron chi connectivity index (χ2n) is 2.05. The van der Waals surface area contributed by atoms with Crippen LogP contribution in [0.4, 0.5) is 4.79 Å². The second kappa shape index (κ2) is 3.73. The standard InChI is InChI=1S/C5H3ClO6S2/c6-3-1-2(12-5(7)8)4(13-3)14(9,10)11/h1H,(H,7,8)(H,9,10,11). The molecule has 0 aromatic carbocycles. The first kappa shape index (κ1) is 11.2. The number of rotatable bonds is 2. The molecule has 0 saturated carbocycles. The van der Waals surface area contributed by atoms with Crippen molar-refractivity contribution in [2.45, 2.75) is 4.21 Å². The van der Waals surface area contributed by atoms with Crippen molar-refractivity contribution in [3.05, 3.63) is 10.4 Å². The zero-order valence-electron chi connectivity index (χ0n) is 6.30. The normalized spacial score (nSPS) is 11.3. The summed E-state index contributed by atoms with van der Waals surface area (Å²) in [5.41, 5.74) is 0. The van der Waals surface area contributed by atoms with E-state index in [9.17, 15) is 13.2 Å². The summed E-state index contributed by atoms with van der Waals surface area (Å²) in [4.78, 5) is 10.1. The van der Waals surface area contributed by atoms with Gasteiger partial charge in [-0.05, 0) is 0 Å². The summed E-state index contributed by atoms with van der Waals surface area (Å²) in [6.45, 7) is 0. The van der Waals surface area contributed by atoms with Gasteiger partial charge >= 0.3 is 16.3 Å². The number of carboxylic acid groups (broad SMARTS) is 1. The van der Waals surface area contributed by atoms with Crippen molar-refractivity contribution in [2.75, 3.05) is 0 Å². The zero-order valence-corrected chi connectivity index (χ0v) is 8.69. The average Bonchev–Trinajstić information content (AvgIpc) is 2.28. The van der Waals surface area contributed by atoms with Crippen LogP contribution in [0.2, 0.25) is 4.34 Å².